The summed E-state index contributed by atoms with van der Waals surface area (Å²) >= 11 is 0. The van der Waals surface area contributed by atoms with Crippen molar-refractivity contribution in [1.29, 1.82) is 0 Å². The van der Waals surface area contributed by atoms with Crippen LogP contribution < -0.4 is 11.1 Å². The van der Waals surface area contributed by atoms with Gasteiger partial charge in [0.2, 0.25) is 5.91 Å². The van der Waals surface area contributed by atoms with Crippen molar-refractivity contribution in [3.63, 3.8) is 0 Å². The minimum absolute atomic E-state index is 0.0470. The van der Waals surface area contributed by atoms with Gasteiger partial charge in [0.25, 0.3) is 5.91 Å². The molecule has 2 aromatic carbocycles. The number of nitrogens with one attached hydrogen (secondary N) is 1. The Morgan fingerprint density at radius 3 is 2.09 bits per heavy atom. The first kappa shape index (κ1) is 33.3. The lowest BCUT2D eigenvalue weighted by atomic mass is 9.93. The maximum Gasteiger partial charge on any atom is 0.251 e. The van der Waals surface area contributed by atoms with Crippen LogP contribution in [0.15, 0.2) is 66.1 Å². The summed E-state index contributed by atoms with van der Waals surface area (Å²) in [7, 11) is 0. The fourth-order valence-corrected chi connectivity index (χ4v) is 4.18. The predicted octanol–water partition coefficient (Wildman–Crippen LogP) is 5.17. The number of carbonyl (C=O) groups excluding carboxylic acids is 2. The summed E-state index contributed by atoms with van der Waals surface area (Å²) in [4.78, 5) is 43.9. The number of piperidine rings is 1. The summed E-state index contributed by atoms with van der Waals surface area (Å²) in [6.45, 7) is 2.60. The van der Waals surface area contributed by atoms with Crippen LogP contribution in [0.1, 0.15) is 60.9 Å². The van der Waals surface area contributed by atoms with Gasteiger partial charge in [-0.2, -0.15) is 4.91 Å². The predicted molar refractivity (Wildman–Crippen MR) is 158 cm³/mol. The van der Waals surface area contributed by atoms with E-state index in [9.17, 15) is 27.7 Å². The molecule has 2 heterocycles. The summed E-state index contributed by atoms with van der Waals surface area (Å²) in [6, 6.07) is 13.2. The minimum Gasteiger partial charge on any atom is -0.343 e. The zero-order valence-electron chi connectivity index (χ0n) is 24.1. The van der Waals surface area contributed by atoms with Crippen LogP contribution >= 0.6 is 0 Å². The summed E-state index contributed by atoms with van der Waals surface area (Å²) < 4.78 is 39.4. The number of carbonyl (C=O) groups is 2. The zero-order valence-corrected chi connectivity index (χ0v) is 24.1. The number of nitrogens with zero attached hydrogens (tertiary/aromatic N) is 4. The molecule has 1 aromatic heterocycles. The number of nitrogens with two attached hydrogens (primary N) is 1. The van der Waals surface area contributed by atoms with Gasteiger partial charge >= 0.3 is 0 Å². The minimum atomic E-state index is -1.65. The fourth-order valence-electron chi connectivity index (χ4n) is 4.18. The van der Waals surface area contributed by atoms with Crippen molar-refractivity contribution in [2.24, 2.45) is 10.9 Å². The Balaban J connectivity index is 0.000000295. The maximum atomic E-state index is 14.2. The first-order valence-corrected chi connectivity index (χ1v) is 14.3. The van der Waals surface area contributed by atoms with Gasteiger partial charge in [-0.25, -0.2) is 23.1 Å². The number of nitroso groups, excluding NO2 is 1. The lowest BCUT2D eigenvalue weighted by Gasteiger charge is -2.35. The molecule has 1 aliphatic heterocycles. The number of hydrogen-bond acceptors (Lipinski definition) is 7. The standard InChI is InChI=1S/C19H19F2N5O3.C9H9F.C3H9N/c20-15-9-22-17(23-10-15)13-1-3-14(4-2-13)18(28)24-11-16(27)26-7-5-19(21,6-8-26)12-25-29;10-9-5-3-8(4-6-9)7-1-2-7;1-2-3-4/h1-4,9-10H,5-8,11-12H2,(H,24,28);3-7H,1-2H2;2-4H2,1H3. The van der Waals surface area contributed by atoms with Gasteiger partial charge < -0.3 is 16.0 Å². The fraction of sp³-hybridized carbons (Fsp3) is 0.419. The molecule has 43 heavy (non-hydrogen) atoms. The van der Waals surface area contributed by atoms with Gasteiger partial charge in [-0.3, -0.25) is 9.59 Å². The summed E-state index contributed by atoms with van der Waals surface area (Å²) in [5.74, 6) is -0.374. The number of alkyl halides is 1. The Kier molecular flexibility index (Phi) is 12.7. The van der Waals surface area contributed by atoms with Crippen LogP contribution in [0, 0.1) is 16.5 Å². The monoisotopic (exact) mass is 598 g/mol. The van der Waals surface area contributed by atoms with E-state index in [0.29, 0.717) is 17.0 Å². The third-order valence-electron chi connectivity index (χ3n) is 6.99. The van der Waals surface area contributed by atoms with Gasteiger partial charge in [-0.15, -0.1) is 0 Å². The molecule has 3 N–H and O–H groups in total. The van der Waals surface area contributed by atoms with Gasteiger partial charge in [-0.1, -0.05) is 36.4 Å². The van der Waals surface area contributed by atoms with Crippen molar-refractivity contribution in [2.75, 3.05) is 32.7 Å². The van der Waals surface area contributed by atoms with E-state index in [4.69, 9.17) is 5.73 Å². The van der Waals surface area contributed by atoms with Gasteiger partial charge in [0.15, 0.2) is 11.6 Å². The van der Waals surface area contributed by atoms with Crippen LogP contribution in [0.5, 0.6) is 0 Å². The van der Waals surface area contributed by atoms with E-state index in [2.05, 4.69) is 27.4 Å². The van der Waals surface area contributed by atoms with Crippen molar-refractivity contribution in [1.82, 2.24) is 20.2 Å². The molecule has 2 fully saturated rings. The highest BCUT2D eigenvalue weighted by Gasteiger charge is 2.36. The first-order valence-electron chi connectivity index (χ1n) is 14.3. The molecule has 2 amide bonds. The molecule has 0 bridgehead atoms. The largest absolute Gasteiger partial charge is 0.343 e. The summed E-state index contributed by atoms with van der Waals surface area (Å²) in [5.41, 5.74) is 5.62. The van der Waals surface area contributed by atoms with Crippen molar-refractivity contribution in [2.45, 2.75) is 50.6 Å². The second-order valence-electron chi connectivity index (χ2n) is 10.4. The van der Waals surface area contributed by atoms with Crippen LogP contribution in [0.4, 0.5) is 13.2 Å². The van der Waals surface area contributed by atoms with E-state index in [1.807, 2.05) is 12.1 Å². The molecule has 230 valence electrons. The second-order valence-corrected chi connectivity index (χ2v) is 10.4. The smallest absolute Gasteiger partial charge is 0.251 e. The Morgan fingerprint density at radius 1 is 1.00 bits per heavy atom. The molecule has 2 aliphatic rings. The number of halogens is 3. The SMILES string of the molecule is CCCN.Fc1ccc(C2CC2)cc1.O=NCC1(F)CCN(C(=O)CNC(=O)c2ccc(-c3ncc(F)cn3)cc2)CC1. The number of likely N-dealkylation sites (tertiary alicyclic amines) is 1. The lowest BCUT2D eigenvalue weighted by Crippen LogP contribution is -2.48. The van der Waals surface area contributed by atoms with E-state index >= 15 is 0 Å². The van der Waals surface area contributed by atoms with Gasteiger partial charge in [0.1, 0.15) is 18.0 Å². The molecule has 0 atom stereocenters. The highest BCUT2D eigenvalue weighted by molar-refractivity contribution is 5.96. The molecular weight excluding hydrogens is 561 g/mol. The highest BCUT2D eigenvalue weighted by atomic mass is 19.1. The molecule has 1 saturated heterocycles. The van der Waals surface area contributed by atoms with Gasteiger partial charge in [-0.05, 0) is 61.6 Å². The number of rotatable bonds is 8. The van der Waals surface area contributed by atoms with Crippen LogP contribution in [-0.4, -0.2) is 65.1 Å². The van der Waals surface area contributed by atoms with Crippen molar-refractivity contribution < 1.29 is 22.8 Å². The first-order chi connectivity index (χ1) is 20.7. The van der Waals surface area contributed by atoms with Crippen molar-refractivity contribution in [3.05, 3.63) is 88.6 Å². The number of benzene rings is 2. The molecule has 1 aliphatic carbocycles. The van der Waals surface area contributed by atoms with E-state index in [1.165, 1.54) is 35.4 Å². The zero-order chi connectivity index (χ0) is 31.2. The second kappa shape index (κ2) is 16.4. The van der Waals surface area contributed by atoms with Crippen molar-refractivity contribution >= 4 is 11.8 Å². The Morgan fingerprint density at radius 2 is 1.58 bits per heavy atom. The summed E-state index contributed by atoms with van der Waals surface area (Å²) in [6.07, 6.45) is 5.86. The molecule has 9 nitrogen and oxygen atoms in total. The average molecular weight is 599 g/mol. The molecule has 3 aromatic rings. The van der Waals surface area contributed by atoms with E-state index in [-0.39, 0.29) is 44.2 Å². The topological polar surface area (TPSA) is 131 Å². The third kappa shape index (κ3) is 10.9. The molecule has 0 unspecified atom stereocenters. The molecular formula is C31H37F3N6O3. The van der Waals surface area contributed by atoms with E-state index < -0.39 is 23.9 Å². The number of hydrogen-bond donors (Lipinski definition) is 2. The van der Waals surface area contributed by atoms with Crippen LogP contribution in [0.25, 0.3) is 11.4 Å². The maximum absolute atomic E-state index is 14.2. The quantitative estimate of drug-likeness (QED) is 0.344. The Labute approximate surface area is 249 Å². The molecule has 12 heteroatoms. The molecule has 5 rings (SSSR count). The lowest BCUT2D eigenvalue weighted by molar-refractivity contribution is -0.132. The molecule has 0 spiro atoms. The Hall–Kier alpha value is -4.19. The van der Waals surface area contributed by atoms with Crippen LogP contribution in [-0.2, 0) is 4.79 Å². The van der Waals surface area contributed by atoms with Crippen LogP contribution in [0.2, 0.25) is 0 Å². The van der Waals surface area contributed by atoms with E-state index in [1.54, 1.807) is 24.3 Å². The third-order valence-corrected chi connectivity index (χ3v) is 6.99. The molecule has 1 saturated carbocycles. The summed E-state index contributed by atoms with van der Waals surface area (Å²) in [5, 5.41) is 5.15. The average Bonchev–Trinajstić information content (AvgIpc) is 3.87. The van der Waals surface area contributed by atoms with E-state index in [0.717, 1.165) is 31.3 Å². The normalized spacial score (nSPS) is 15.2. The molecule has 0 radical (unpaired) electrons. The Bertz CT molecular complexity index is 1310. The van der Waals surface area contributed by atoms with Crippen molar-refractivity contribution in [3.8, 4) is 11.4 Å². The van der Waals surface area contributed by atoms with Crippen LogP contribution in [0.3, 0.4) is 0 Å². The number of aromatic nitrogens is 2. The van der Waals surface area contributed by atoms with Gasteiger partial charge in [0.05, 0.1) is 18.9 Å². The highest BCUT2D eigenvalue weighted by Crippen LogP contribution is 2.39. The van der Waals surface area contributed by atoms with Gasteiger partial charge in [0, 0.05) is 37.1 Å². The number of amides is 2.